The summed E-state index contributed by atoms with van der Waals surface area (Å²) in [7, 11) is 0. The largest absolute Gasteiger partial charge is 0.480 e. The molecule has 1 aromatic rings. The van der Waals surface area contributed by atoms with Crippen LogP contribution in [0.25, 0.3) is 0 Å². The Morgan fingerprint density at radius 1 is 1.47 bits per heavy atom. The zero-order chi connectivity index (χ0) is 13.1. The molecule has 0 spiro atoms. The molecule has 7 heteroatoms. The van der Waals surface area contributed by atoms with Crippen molar-refractivity contribution in [2.24, 2.45) is 0 Å². The highest BCUT2D eigenvalue weighted by Gasteiger charge is 2.28. The lowest BCUT2D eigenvalue weighted by atomic mass is 10.1. The number of halogens is 3. The van der Waals surface area contributed by atoms with Gasteiger partial charge in [0, 0.05) is 36.2 Å². The van der Waals surface area contributed by atoms with Gasteiger partial charge in [0.1, 0.15) is 6.04 Å². The fraction of sp³-hybridized carbons (Fsp3) is 0.417. The molecular formula is C12H15Cl3N2O2. The molecule has 0 saturated carbocycles. The van der Waals surface area contributed by atoms with Crippen LogP contribution in [0.15, 0.2) is 18.2 Å². The molecule has 2 rings (SSSR count). The number of nitrogens with zero attached hydrogens (tertiary/aromatic N) is 1. The second kappa shape index (κ2) is 7.31. The van der Waals surface area contributed by atoms with Crippen LogP contribution < -0.4 is 5.32 Å². The van der Waals surface area contributed by atoms with Gasteiger partial charge in [-0.2, -0.15) is 0 Å². The number of benzene rings is 1. The quantitative estimate of drug-likeness (QED) is 0.895. The fourth-order valence-electron chi connectivity index (χ4n) is 2.06. The molecule has 1 fully saturated rings. The second-order valence-corrected chi connectivity index (χ2v) is 5.11. The van der Waals surface area contributed by atoms with Gasteiger partial charge in [-0.3, -0.25) is 9.69 Å². The number of aliphatic carboxylic acids is 1. The summed E-state index contributed by atoms with van der Waals surface area (Å²) in [5.41, 5.74) is 0.859. The summed E-state index contributed by atoms with van der Waals surface area (Å²) in [6.07, 6.45) is 0. The van der Waals surface area contributed by atoms with Gasteiger partial charge < -0.3 is 10.4 Å². The number of nitrogens with one attached hydrogen (secondary N) is 1. The van der Waals surface area contributed by atoms with Gasteiger partial charge in [-0.1, -0.05) is 23.2 Å². The van der Waals surface area contributed by atoms with E-state index in [1.165, 1.54) is 0 Å². The Morgan fingerprint density at radius 2 is 2.21 bits per heavy atom. The van der Waals surface area contributed by atoms with E-state index in [0.29, 0.717) is 29.7 Å². The first-order valence-electron chi connectivity index (χ1n) is 5.69. The summed E-state index contributed by atoms with van der Waals surface area (Å²) in [4.78, 5) is 13.1. The summed E-state index contributed by atoms with van der Waals surface area (Å²) < 4.78 is 0. The van der Waals surface area contributed by atoms with Crippen LogP contribution in [-0.4, -0.2) is 41.7 Å². The first-order valence-corrected chi connectivity index (χ1v) is 6.45. The maximum Gasteiger partial charge on any atom is 0.322 e. The van der Waals surface area contributed by atoms with Crippen LogP contribution in [0.2, 0.25) is 10.0 Å². The molecule has 106 valence electrons. The predicted octanol–water partition coefficient (Wildman–Crippen LogP) is 2.27. The molecule has 0 amide bonds. The van der Waals surface area contributed by atoms with Gasteiger partial charge in [0.15, 0.2) is 0 Å². The minimum absolute atomic E-state index is 0. The van der Waals surface area contributed by atoms with Crippen LogP contribution in [0.3, 0.4) is 0 Å². The Kier molecular flexibility index (Phi) is 6.36. The monoisotopic (exact) mass is 324 g/mol. The molecule has 19 heavy (non-hydrogen) atoms. The molecule has 1 unspecified atom stereocenters. The van der Waals surface area contributed by atoms with Crippen molar-refractivity contribution in [1.29, 1.82) is 0 Å². The predicted molar refractivity (Wildman–Crippen MR) is 78.4 cm³/mol. The number of piperazine rings is 1. The van der Waals surface area contributed by atoms with Gasteiger partial charge in [-0.25, -0.2) is 0 Å². The smallest absolute Gasteiger partial charge is 0.322 e. The second-order valence-electron chi connectivity index (χ2n) is 4.26. The zero-order valence-electron chi connectivity index (χ0n) is 10.1. The van der Waals surface area contributed by atoms with Crippen molar-refractivity contribution < 1.29 is 9.90 Å². The molecule has 1 aliphatic heterocycles. The van der Waals surface area contributed by atoms with Gasteiger partial charge in [-0.05, 0) is 23.8 Å². The summed E-state index contributed by atoms with van der Waals surface area (Å²) in [6, 6.07) is 4.72. The Hall–Kier alpha value is -0.520. The van der Waals surface area contributed by atoms with Crippen LogP contribution in [0, 0.1) is 0 Å². The number of carboxylic acid groups (broad SMARTS) is 1. The lowest BCUT2D eigenvalue weighted by Crippen LogP contribution is -2.54. The van der Waals surface area contributed by atoms with Crippen molar-refractivity contribution in [2.75, 3.05) is 19.6 Å². The van der Waals surface area contributed by atoms with E-state index in [2.05, 4.69) is 5.32 Å². The molecule has 0 aliphatic carbocycles. The minimum Gasteiger partial charge on any atom is -0.480 e. The summed E-state index contributed by atoms with van der Waals surface area (Å²) >= 11 is 12.0. The van der Waals surface area contributed by atoms with Crippen molar-refractivity contribution in [3.05, 3.63) is 33.8 Å². The third kappa shape index (κ3) is 4.23. The van der Waals surface area contributed by atoms with Crippen LogP contribution in [0.5, 0.6) is 0 Å². The molecule has 1 heterocycles. The average molecular weight is 326 g/mol. The number of carbonyl (C=O) groups is 1. The highest BCUT2D eigenvalue weighted by molar-refractivity contribution is 6.33. The van der Waals surface area contributed by atoms with Crippen LogP contribution >= 0.6 is 35.6 Å². The average Bonchev–Trinajstić information content (AvgIpc) is 2.34. The molecule has 1 aliphatic rings. The third-order valence-corrected chi connectivity index (χ3v) is 3.62. The maximum absolute atomic E-state index is 11.2. The van der Waals surface area contributed by atoms with Crippen LogP contribution in [-0.2, 0) is 11.3 Å². The van der Waals surface area contributed by atoms with E-state index in [1.54, 1.807) is 18.2 Å². The van der Waals surface area contributed by atoms with Crippen molar-refractivity contribution in [3.8, 4) is 0 Å². The molecule has 4 nitrogen and oxygen atoms in total. The molecule has 1 atom stereocenters. The summed E-state index contributed by atoms with van der Waals surface area (Å²) in [5, 5.41) is 13.5. The number of carboxylic acids is 1. The summed E-state index contributed by atoms with van der Waals surface area (Å²) in [5.74, 6) is -0.819. The number of hydrogen-bond donors (Lipinski definition) is 2. The van der Waals surface area contributed by atoms with Crippen molar-refractivity contribution >= 4 is 41.6 Å². The van der Waals surface area contributed by atoms with Gasteiger partial charge in [0.05, 0.1) is 0 Å². The van der Waals surface area contributed by atoms with E-state index in [4.69, 9.17) is 28.3 Å². The van der Waals surface area contributed by atoms with E-state index in [9.17, 15) is 4.79 Å². The molecule has 1 aromatic carbocycles. The highest BCUT2D eigenvalue weighted by Crippen LogP contribution is 2.23. The van der Waals surface area contributed by atoms with E-state index >= 15 is 0 Å². The Balaban J connectivity index is 0.00000180. The van der Waals surface area contributed by atoms with Crippen molar-refractivity contribution in [1.82, 2.24) is 10.2 Å². The Labute approximate surface area is 128 Å². The van der Waals surface area contributed by atoms with E-state index < -0.39 is 12.0 Å². The summed E-state index contributed by atoms with van der Waals surface area (Å²) in [6.45, 7) is 2.41. The Bertz CT molecular complexity index is 457. The standard InChI is InChI=1S/C12H14Cl2N2O2.ClH/c13-9-1-2-10(14)8(5-9)7-16-4-3-15-6-11(16)12(17)18;/h1-2,5,11,15H,3-4,6-7H2,(H,17,18);1H. The van der Waals surface area contributed by atoms with Gasteiger partial charge in [0.25, 0.3) is 0 Å². The molecule has 2 N–H and O–H groups in total. The first kappa shape index (κ1) is 16.5. The van der Waals surface area contributed by atoms with Gasteiger partial charge in [0.2, 0.25) is 0 Å². The first-order chi connectivity index (χ1) is 8.58. The topological polar surface area (TPSA) is 52.6 Å². The van der Waals surface area contributed by atoms with Gasteiger partial charge in [-0.15, -0.1) is 12.4 Å². The molecule has 0 radical (unpaired) electrons. The van der Waals surface area contributed by atoms with Crippen molar-refractivity contribution in [2.45, 2.75) is 12.6 Å². The maximum atomic E-state index is 11.2. The van der Waals surface area contributed by atoms with E-state index in [-0.39, 0.29) is 12.4 Å². The molecule has 0 bridgehead atoms. The lowest BCUT2D eigenvalue weighted by Gasteiger charge is -2.33. The lowest BCUT2D eigenvalue weighted by molar-refractivity contribution is -0.144. The molecule has 1 saturated heterocycles. The van der Waals surface area contributed by atoms with E-state index in [1.807, 2.05) is 4.90 Å². The molecular weight excluding hydrogens is 311 g/mol. The van der Waals surface area contributed by atoms with Crippen LogP contribution in [0.4, 0.5) is 0 Å². The zero-order valence-corrected chi connectivity index (χ0v) is 12.4. The fourth-order valence-corrected chi connectivity index (χ4v) is 2.43. The normalized spacial score (nSPS) is 19.8. The molecule has 0 aromatic heterocycles. The SMILES string of the molecule is Cl.O=C(O)C1CNCCN1Cc1cc(Cl)ccc1Cl. The van der Waals surface area contributed by atoms with E-state index in [0.717, 1.165) is 12.1 Å². The van der Waals surface area contributed by atoms with Crippen molar-refractivity contribution in [3.63, 3.8) is 0 Å². The third-order valence-electron chi connectivity index (χ3n) is 3.02. The highest BCUT2D eigenvalue weighted by atomic mass is 35.5. The number of hydrogen-bond acceptors (Lipinski definition) is 3. The Morgan fingerprint density at radius 3 is 2.89 bits per heavy atom. The number of rotatable bonds is 3. The van der Waals surface area contributed by atoms with Crippen LogP contribution in [0.1, 0.15) is 5.56 Å². The van der Waals surface area contributed by atoms with Gasteiger partial charge >= 0.3 is 5.97 Å². The minimum atomic E-state index is -0.819.